The van der Waals surface area contributed by atoms with Crippen LogP contribution < -0.4 is 10.9 Å². The molecule has 9 heteroatoms. The summed E-state index contributed by atoms with van der Waals surface area (Å²) in [6.45, 7) is 1.59. The molecular weight excluding hydrogens is 417 g/mol. The number of hydrogen-bond donors (Lipinski definition) is 2. The molecule has 1 aliphatic heterocycles. The molecule has 0 spiro atoms. The summed E-state index contributed by atoms with van der Waals surface area (Å²) in [7, 11) is 0. The zero-order valence-electron chi connectivity index (χ0n) is 16.3. The van der Waals surface area contributed by atoms with E-state index >= 15 is 0 Å². The van der Waals surface area contributed by atoms with Crippen LogP contribution in [0.15, 0.2) is 58.8 Å². The molecule has 1 amide bonds. The number of pyridine rings is 1. The standard InChI is InChI=1S/C22H18FN5O2S/c23-14-6-4-13(5-7-14)17-11-28(10-9-25-17)22(30)15-12-31-19-18(15)26-20(27-21(19)29)16-3-1-2-8-24-16/h1-8,12,17,25H,9-11H2,(H,26,27,29). The molecule has 0 radical (unpaired) electrons. The predicted octanol–water partition coefficient (Wildman–Crippen LogP) is 2.97. The topological polar surface area (TPSA) is 91.0 Å². The minimum absolute atomic E-state index is 0.0939. The van der Waals surface area contributed by atoms with Crippen LogP contribution in [0.2, 0.25) is 0 Å². The second-order valence-corrected chi connectivity index (χ2v) is 8.15. The number of piperazine rings is 1. The van der Waals surface area contributed by atoms with Crippen molar-refractivity contribution in [1.82, 2.24) is 25.2 Å². The highest BCUT2D eigenvalue weighted by Crippen LogP contribution is 2.26. The quantitative estimate of drug-likeness (QED) is 0.516. The van der Waals surface area contributed by atoms with Gasteiger partial charge in [0.15, 0.2) is 5.82 Å². The fraction of sp³-hybridized carbons (Fsp3) is 0.182. The number of hydrogen-bond acceptors (Lipinski definition) is 6. The van der Waals surface area contributed by atoms with Crippen molar-refractivity contribution < 1.29 is 9.18 Å². The average molecular weight is 435 g/mol. The third-order valence-corrected chi connectivity index (χ3v) is 6.27. The summed E-state index contributed by atoms with van der Waals surface area (Å²) in [5, 5.41) is 5.06. The van der Waals surface area contributed by atoms with Crippen LogP contribution in [0, 0.1) is 5.82 Å². The van der Waals surface area contributed by atoms with E-state index in [1.165, 1.54) is 23.5 Å². The lowest BCUT2D eigenvalue weighted by molar-refractivity contribution is 0.0705. The third kappa shape index (κ3) is 3.73. The first-order valence-electron chi connectivity index (χ1n) is 9.81. The lowest BCUT2D eigenvalue weighted by Gasteiger charge is -2.34. The molecule has 0 aliphatic carbocycles. The molecule has 0 saturated carbocycles. The summed E-state index contributed by atoms with van der Waals surface area (Å²) < 4.78 is 13.7. The Morgan fingerprint density at radius 1 is 1.19 bits per heavy atom. The largest absolute Gasteiger partial charge is 0.335 e. The highest BCUT2D eigenvalue weighted by atomic mass is 32.1. The summed E-state index contributed by atoms with van der Waals surface area (Å²) >= 11 is 1.20. The molecule has 3 aromatic heterocycles. The molecule has 1 unspecified atom stereocenters. The maximum absolute atomic E-state index is 13.3. The monoisotopic (exact) mass is 435 g/mol. The zero-order chi connectivity index (χ0) is 21.4. The molecule has 0 bridgehead atoms. The van der Waals surface area contributed by atoms with Crippen molar-refractivity contribution in [1.29, 1.82) is 0 Å². The van der Waals surface area contributed by atoms with Crippen molar-refractivity contribution >= 4 is 27.5 Å². The number of thiophene rings is 1. The van der Waals surface area contributed by atoms with Crippen molar-refractivity contribution in [3.8, 4) is 11.5 Å². The Labute approximate surface area is 180 Å². The number of rotatable bonds is 3. The van der Waals surface area contributed by atoms with Crippen molar-refractivity contribution in [2.45, 2.75) is 6.04 Å². The fourth-order valence-electron chi connectivity index (χ4n) is 3.73. The van der Waals surface area contributed by atoms with Crippen molar-refractivity contribution in [3.05, 3.63) is 81.3 Å². The van der Waals surface area contributed by atoms with Gasteiger partial charge in [-0.3, -0.25) is 14.6 Å². The number of carbonyl (C=O) groups excluding carboxylic acids is 1. The second kappa shape index (κ2) is 8.01. The maximum atomic E-state index is 13.3. The highest BCUT2D eigenvalue weighted by molar-refractivity contribution is 7.17. The van der Waals surface area contributed by atoms with Gasteiger partial charge in [-0.2, -0.15) is 0 Å². The van der Waals surface area contributed by atoms with E-state index in [-0.39, 0.29) is 23.3 Å². The molecule has 4 aromatic rings. The molecule has 156 valence electrons. The number of fused-ring (bicyclic) bond motifs is 1. The number of H-pyrrole nitrogens is 1. The third-order valence-electron chi connectivity index (χ3n) is 5.30. The Morgan fingerprint density at radius 3 is 2.81 bits per heavy atom. The maximum Gasteiger partial charge on any atom is 0.269 e. The number of benzene rings is 1. The lowest BCUT2D eigenvalue weighted by Crippen LogP contribution is -2.48. The SMILES string of the molecule is O=C(c1csc2c(=O)[nH]c(-c3ccccn3)nc12)N1CCNC(c2ccc(F)cc2)C1. The molecule has 7 nitrogen and oxygen atoms in total. The van der Waals surface area contributed by atoms with Gasteiger partial charge < -0.3 is 15.2 Å². The van der Waals surface area contributed by atoms with Crippen LogP contribution in [0.25, 0.3) is 21.7 Å². The summed E-state index contributed by atoms with van der Waals surface area (Å²) in [5.74, 6) is -0.141. The van der Waals surface area contributed by atoms with E-state index < -0.39 is 0 Å². The molecular formula is C22H18FN5O2S. The molecule has 1 saturated heterocycles. The first kappa shape index (κ1) is 19.5. The van der Waals surface area contributed by atoms with Gasteiger partial charge in [-0.25, -0.2) is 9.37 Å². The van der Waals surface area contributed by atoms with Gasteiger partial charge in [0.2, 0.25) is 0 Å². The van der Waals surface area contributed by atoms with E-state index in [0.29, 0.717) is 46.9 Å². The van der Waals surface area contributed by atoms with Crippen LogP contribution in [-0.4, -0.2) is 45.4 Å². The van der Waals surface area contributed by atoms with Gasteiger partial charge >= 0.3 is 0 Å². The van der Waals surface area contributed by atoms with Crippen molar-refractivity contribution in [3.63, 3.8) is 0 Å². The fourth-order valence-corrected chi connectivity index (χ4v) is 4.60. The first-order chi connectivity index (χ1) is 15.1. The van der Waals surface area contributed by atoms with Crippen LogP contribution in [0.4, 0.5) is 4.39 Å². The number of carbonyl (C=O) groups is 1. The Balaban J connectivity index is 1.47. The van der Waals surface area contributed by atoms with E-state index in [4.69, 9.17) is 0 Å². The van der Waals surface area contributed by atoms with E-state index in [2.05, 4.69) is 20.3 Å². The van der Waals surface area contributed by atoms with Crippen molar-refractivity contribution in [2.75, 3.05) is 19.6 Å². The molecule has 5 rings (SSSR count). The van der Waals surface area contributed by atoms with Gasteiger partial charge in [0.25, 0.3) is 11.5 Å². The number of nitrogens with zero attached hydrogens (tertiary/aromatic N) is 3. The molecule has 31 heavy (non-hydrogen) atoms. The summed E-state index contributed by atoms with van der Waals surface area (Å²) in [6, 6.07) is 11.5. The lowest BCUT2D eigenvalue weighted by atomic mass is 10.0. The molecule has 1 aromatic carbocycles. The Kier molecular flexibility index (Phi) is 5.05. The van der Waals surface area contributed by atoms with Gasteiger partial charge in [-0.1, -0.05) is 18.2 Å². The van der Waals surface area contributed by atoms with Gasteiger partial charge in [0.1, 0.15) is 21.7 Å². The number of aromatic nitrogens is 3. The number of aromatic amines is 1. The average Bonchev–Trinajstić information content (AvgIpc) is 3.24. The van der Waals surface area contributed by atoms with Crippen LogP contribution in [0.5, 0.6) is 0 Å². The summed E-state index contributed by atoms with van der Waals surface area (Å²) in [5.41, 5.74) is 1.95. The zero-order valence-corrected chi connectivity index (χ0v) is 17.2. The number of nitrogens with one attached hydrogen (secondary N) is 2. The van der Waals surface area contributed by atoms with E-state index in [9.17, 15) is 14.0 Å². The molecule has 2 N–H and O–H groups in total. The molecule has 1 atom stereocenters. The van der Waals surface area contributed by atoms with Gasteiger partial charge in [0, 0.05) is 37.3 Å². The van der Waals surface area contributed by atoms with Crippen LogP contribution in [-0.2, 0) is 0 Å². The summed E-state index contributed by atoms with van der Waals surface area (Å²) in [6.07, 6.45) is 1.62. The molecule has 1 fully saturated rings. The summed E-state index contributed by atoms with van der Waals surface area (Å²) in [4.78, 5) is 39.2. The highest BCUT2D eigenvalue weighted by Gasteiger charge is 2.27. The molecule has 4 heterocycles. The first-order valence-corrected chi connectivity index (χ1v) is 10.7. The van der Waals surface area contributed by atoms with Crippen molar-refractivity contribution in [2.24, 2.45) is 0 Å². The Hall–Kier alpha value is -3.43. The van der Waals surface area contributed by atoms with Gasteiger partial charge in [-0.05, 0) is 29.8 Å². The van der Waals surface area contributed by atoms with Crippen LogP contribution in [0.1, 0.15) is 22.0 Å². The van der Waals surface area contributed by atoms with Gasteiger partial charge in [-0.15, -0.1) is 11.3 Å². The molecule has 1 aliphatic rings. The predicted molar refractivity (Wildman–Crippen MR) is 117 cm³/mol. The minimum Gasteiger partial charge on any atom is -0.335 e. The van der Waals surface area contributed by atoms with E-state index in [1.54, 1.807) is 40.7 Å². The van der Waals surface area contributed by atoms with E-state index in [0.717, 1.165) is 5.56 Å². The normalized spacial score (nSPS) is 16.5. The second-order valence-electron chi connectivity index (χ2n) is 7.27. The number of halogens is 1. The number of amides is 1. The van der Waals surface area contributed by atoms with E-state index in [1.807, 2.05) is 6.07 Å². The Morgan fingerprint density at radius 2 is 2.03 bits per heavy atom. The minimum atomic E-state index is -0.294. The Bertz CT molecular complexity index is 1300. The smallest absolute Gasteiger partial charge is 0.269 e. The van der Waals surface area contributed by atoms with Gasteiger partial charge in [0.05, 0.1) is 5.56 Å². The van der Waals surface area contributed by atoms with Crippen LogP contribution in [0.3, 0.4) is 0 Å². The van der Waals surface area contributed by atoms with Crippen LogP contribution >= 0.6 is 11.3 Å².